The van der Waals surface area contributed by atoms with Crippen molar-refractivity contribution in [3.63, 3.8) is 0 Å². The van der Waals surface area contributed by atoms with E-state index in [1.54, 1.807) is 0 Å². The zero-order valence-corrected chi connectivity index (χ0v) is 13.5. The van der Waals surface area contributed by atoms with Gasteiger partial charge in [-0.1, -0.05) is 41.6 Å². The number of halogens is 4. The fourth-order valence-corrected chi connectivity index (χ4v) is 3.18. The Morgan fingerprint density at radius 1 is 1.10 bits per heavy atom. The molecule has 0 heterocycles. The second-order valence-electron chi connectivity index (χ2n) is 5.62. The minimum atomic E-state index is -4.31. The van der Waals surface area contributed by atoms with Crippen LogP contribution in [0.5, 0.6) is 5.75 Å². The van der Waals surface area contributed by atoms with Gasteiger partial charge in [0.2, 0.25) is 0 Å². The molecule has 2 rings (SSSR count). The van der Waals surface area contributed by atoms with Gasteiger partial charge in [-0.15, -0.1) is 0 Å². The Hall–Kier alpha value is -0.710. The molecule has 0 aliphatic heterocycles. The molecule has 0 saturated heterocycles. The fourth-order valence-electron chi connectivity index (χ4n) is 2.74. The number of rotatable bonds is 4. The summed E-state index contributed by atoms with van der Waals surface area (Å²) in [6.45, 7) is 0.603. The van der Waals surface area contributed by atoms with E-state index < -0.39 is 11.7 Å². The van der Waals surface area contributed by atoms with E-state index in [0.29, 0.717) is 29.2 Å². The molecule has 0 unspecified atom stereocenters. The zero-order valence-electron chi connectivity index (χ0n) is 11.9. The largest absolute Gasteiger partial charge is 0.493 e. The quantitative estimate of drug-likeness (QED) is 0.473. The van der Waals surface area contributed by atoms with Crippen molar-refractivity contribution in [3.8, 4) is 5.75 Å². The van der Waals surface area contributed by atoms with Crippen molar-refractivity contribution in [2.45, 2.75) is 50.0 Å². The fraction of sp³-hybridized carbons (Fsp3) is 0.625. The molecule has 0 N–H and O–H groups in total. The van der Waals surface area contributed by atoms with Crippen LogP contribution in [0, 0.1) is 5.92 Å². The molecule has 0 amide bonds. The van der Waals surface area contributed by atoms with Crippen LogP contribution in [-0.4, -0.2) is 6.61 Å². The van der Waals surface area contributed by atoms with Crippen LogP contribution in [0.4, 0.5) is 13.2 Å². The highest BCUT2D eigenvalue weighted by molar-refractivity contribution is 9.08. The number of hydrogen-bond acceptors (Lipinski definition) is 1. The van der Waals surface area contributed by atoms with Crippen molar-refractivity contribution in [1.82, 2.24) is 0 Å². The second-order valence-corrected chi connectivity index (χ2v) is 6.18. The maximum atomic E-state index is 12.7. The van der Waals surface area contributed by atoms with Gasteiger partial charge in [-0.2, -0.15) is 13.2 Å². The molecule has 1 saturated carbocycles. The highest BCUT2D eigenvalue weighted by Crippen LogP contribution is 2.34. The molecule has 0 aromatic heterocycles. The van der Waals surface area contributed by atoms with E-state index in [4.69, 9.17) is 4.74 Å². The minimum absolute atomic E-state index is 0.358. The van der Waals surface area contributed by atoms with Gasteiger partial charge in [0.15, 0.2) is 0 Å². The Balaban J connectivity index is 2.02. The van der Waals surface area contributed by atoms with Gasteiger partial charge >= 0.3 is 6.18 Å². The first-order valence-corrected chi connectivity index (χ1v) is 8.51. The summed E-state index contributed by atoms with van der Waals surface area (Å²) in [5.41, 5.74) is -0.0720. The Kier molecular flexibility index (Phi) is 5.97. The van der Waals surface area contributed by atoms with E-state index in [0.717, 1.165) is 25.0 Å². The van der Waals surface area contributed by atoms with Crippen molar-refractivity contribution in [2.24, 2.45) is 5.92 Å². The Morgan fingerprint density at radius 2 is 1.76 bits per heavy atom. The normalized spacial score (nSPS) is 17.5. The molecule has 0 radical (unpaired) electrons. The van der Waals surface area contributed by atoms with Gasteiger partial charge in [0, 0.05) is 10.9 Å². The lowest BCUT2D eigenvalue weighted by atomic mass is 10.0. The molecule has 118 valence electrons. The van der Waals surface area contributed by atoms with Crippen LogP contribution in [-0.2, 0) is 11.5 Å². The smallest absolute Gasteiger partial charge is 0.416 e. The zero-order chi connectivity index (χ0) is 15.3. The molecule has 0 spiro atoms. The van der Waals surface area contributed by atoms with Crippen molar-refractivity contribution >= 4 is 15.9 Å². The molecule has 1 aliphatic rings. The summed E-state index contributed by atoms with van der Waals surface area (Å²) in [6.07, 6.45) is 3.02. The summed E-state index contributed by atoms with van der Waals surface area (Å²) < 4.78 is 43.9. The lowest BCUT2D eigenvalue weighted by molar-refractivity contribution is -0.137. The van der Waals surface area contributed by atoms with Crippen molar-refractivity contribution in [3.05, 3.63) is 29.3 Å². The van der Waals surface area contributed by atoms with E-state index in [1.165, 1.54) is 31.7 Å². The SMILES string of the molecule is FC(F)(F)c1ccc(OCC2CCCCCC2)c(CBr)c1. The van der Waals surface area contributed by atoms with Crippen molar-refractivity contribution in [2.75, 3.05) is 6.61 Å². The standard InChI is InChI=1S/C16H20BrF3O/c17-10-13-9-14(16(18,19)20)7-8-15(13)21-11-12-5-3-1-2-4-6-12/h7-9,12H,1-6,10-11H2. The third kappa shape index (κ3) is 4.90. The lowest BCUT2D eigenvalue weighted by Crippen LogP contribution is -2.12. The van der Waals surface area contributed by atoms with Crippen LogP contribution in [0.25, 0.3) is 0 Å². The van der Waals surface area contributed by atoms with Gasteiger partial charge in [-0.05, 0) is 37.0 Å². The molecule has 1 aromatic carbocycles. The van der Waals surface area contributed by atoms with Gasteiger partial charge in [0.05, 0.1) is 12.2 Å². The summed E-state index contributed by atoms with van der Waals surface area (Å²) >= 11 is 3.24. The number of hydrogen-bond donors (Lipinski definition) is 0. The first kappa shape index (κ1) is 16.7. The Morgan fingerprint density at radius 3 is 2.33 bits per heavy atom. The minimum Gasteiger partial charge on any atom is -0.493 e. The monoisotopic (exact) mass is 364 g/mol. The van der Waals surface area contributed by atoms with Crippen molar-refractivity contribution in [1.29, 1.82) is 0 Å². The van der Waals surface area contributed by atoms with E-state index >= 15 is 0 Å². The first-order valence-electron chi connectivity index (χ1n) is 7.39. The van der Waals surface area contributed by atoms with Crippen LogP contribution in [0.3, 0.4) is 0 Å². The van der Waals surface area contributed by atoms with Crippen LogP contribution in [0.2, 0.25) is 0 Å². The third-order valence-corrected chi connectivity index (χ3v) is 4.59. The van der Waals surface area contributed by atoms with E-state index in [1.807, 2.05) is 0 Å². The lowest BCUT2D eigenvalue weighted by Gasteiger charge is -2.18. The summed E-state index contributed by atoms with van der Waals surface area (Å²) in [5.74, 6) is 1.09. The molecule has 1 aliphatic carbocycles. The van der Waals surface area contributed by atoms with Gasteiger partial charge < -0.3 is 4.74 Å². The molecule has 0 bridgehead atoms. The predicted octanol–water partition coefficient (Wildman–Crippen LogP) is 5.95. The average molecular weight is 365 g/mol. The van der Waals surface area contributed by atoms with Gasteiger partial charge in [-0.3, -0.25) is 0 Å². The average Bonchev–Trinajstić information content (AvgIpc) is 2.72. The number of ether oxygens (including phenoxy) is 1. The molecule has 0 atom stereocenters. The van der Waals surface area contributed by atoms with E-state index in [9.17, 15) is 13.2 Å². The van der Waals surface area contributed by atoms with Crippen molar-refractivity contribution < 1.29 is 17.9 Å². The van der Waals surface area contributed by atoms with Crippen LogP contribution >= 0.6 is 15.9 Å². The summed E-state index contributed by atoms with van der Waals surface area (Å²) in [6, 6.07) is 3.70. The maximum Gasteiger partial charge on any atom is 0.416 e. The maximum absolute atomic E-state index is 12.7. The summed E-state index contributed by atoms with van der Waals surface area (Å²) in [4.78, 5) is 0. The highest BCUT2D eigenvalue weighted by Gasteiger charge is 2.31. The molecule has 5 heteroatoms. The predicted molar refractivity (Wildman–Crippen MR) is 80.8 cm³/mol. The Bertz CT molecular complexity index is 451. The van der Waals surface area contributed by atoms with Crippen LogP contribution < -0.4 is 4.74 Å². The summed E-state index contributed by atoms with van der Waals surface area (Å²) in [7, 11) is 0. The summed E-state index contributed by atoms with van der Waals surface area (Å²) in [5, 5.41) is 0.358. The van der Waals surface area contributed by atoms with E-state index in [2.05, 4.69) is 15.9 Å². The van der Waals surface area contributed by atoms with Crippen LogP contribution in [0.15, 0.2) is 18.2 Å². The van der Waals surface area contributed by atoms with E-state index in [-0.39, 0.29) is 0 Å². The number of alkyl halides is 4. The first-order chi connectivity index (χ1) is 10.0. The molecular weight excluding hydrogens is 345 g/mol. The van der Waals surface area contributed by atoms with Gasteiger partial charge in [0.1, 0.15) is 5.75 Å². The topological polar surface area (TPSA) is 9.23 Å². The molecule has 1 aromatic rings. The molecular formula is C16H20BrF3O. The highest BCUT2D eigenvalue weighted by atomic mass is 79.9. The molecule has 1 nitrogen and oxygen atoms in total. The molecule has 1 fully saturated rings. The second kappa shape index (κ2) is 7.52. The van der Waals surface area contributed by atoms with Gasteiger partial charge in [0.25, 0.3) is 0 Å². The molecule has 21 heavy (non-hydrogen) atoms. The van der Waals surface area contributed by atoms with Gasteiger partial charge in [-0.25, -0.2) is 0 Å². The van der Waals surface area contributed by atoms with Crippen LogP contribution in [0.1, 0.15) is 49.7 Å². The Labute approximate surface area is 132 Å². The third-order valence-electron chi connectivity index (χ3n) is 3.98. The number of benzene rings is 1.